The van der Waals surface area contributed by atoms with Gasteiger partial charge in [-0.15, -0.1) is 0 Å². The maximum absolute atomic E-state index is 11.5. The summed E-state index contributed by atoms with van der Waals surface area (Å²) in [6, 6.07) is 12.7. The van der Waals surface area contributed by atoms with E-state index in [2.05, 4.69) is 16.4 Å². The summed E-state index contributed by atoms with van der Waals surface area (Å²) >= 11 is 0. The lowest BCUT2D eigenvalue weighted by atomic mass is 10.0. The summed E-state index contributed by atoms with van der Waals surface area (Å²) in [6.07, 6.45) is 2.36. The normalized spacial score (nSPS) is 11.5. The number of anilines is 1. The minimum atomic E-state index is -0.0512. The van der Waals surface area contributed by atoms with Gasteiger partial charge >= 0.3 is 0 Å². The van der Waals surface area contributed by atoms with Gasteiger partial charge in [-0.05, 0) is 43.7 Å². The van der Waals surface area contributed by atoms with Crippen molar-refractivity contribution in [2.45, 2.75) is 13.3 Å². The zero-order valence-electron chi connectivity index (χ0n) is 13.0. The van der Waals surface area contributed by atoms with Crippen LogP contribution in [0.15, 0.2) is 42.6 Å². The van der Waals surface area contributed by atoms with Crippen molar-refractivity contribution in [1.29, 1.82) is 5.26 Å². The minimum Gasteiger partial charge on any atom is -0.396 e. The molecular formula is C18H19N3O2. The van der Waals surface area contributed by atoms with Gasteiger partial charge in [0.05, 0.1) is 11.3 Å². The molecule has 0 spiro atoms. The SMILES string of the molecule is CC(=O)c1ccc(C#N)c(NCC(CO)Cc2ccccn2)c1. The number of aliphatic hydroxyl groups excluding tert-OH is 1. The fourth-order valence-electron chi connectivity index (χ4n) is 2.28. The van der Waals surface area contributed by atoms with Crippen molar-refractivity contribution in [2.75, 3.05) is 18.5 Å². The van der Waals surface area contributed by atoms with Crippen LogP contribution in [0, 0.1) is 17.2 Å². The van der Waals surface area contributed by atoms with Crippen LogP contribution in [0.3, 0.4) is 0 Å². The number of hydrogen-bond donors (Lipinski definition) is 2. The Morgan fingerprint density at radius 2 is 2.22 bits per heavy atom. The standard InChI is InChI=1S/C18H19N3O2/c1-13(23)15-5-6-16(10-19)18(9-15)21-11-14(12-22)8-17-4-2-3-7-20-17/h2-7,9,14,21-22H,8,11-12H2,1H3. The lowest BCUT2D eigenvalue weighted by Gasteiger charge is -2.16. The third-order valence-electron chi connectivity index (χ3n) is 3.61. The number of carbonyl (C=O) groups excluding carboxylic acids is 1. The highest BCUT2D eigenvalue weighted by Gasteiger charge is 2.12. The van der Waals surface area contributed by atoms with Gasteiger partial charge in [0.25, 0.3) is 0 Å². The second kappa shape index (κ2) is 8.06. The van der Waals surface area contributed by atoms with E-state index in [1.165, 1.54) is 6.92 Å². The number of pyridine rings is 1. The van der Waals surface area contributed by atoms with Crippen LogP contribution in [-0.2, 0) is 6.42 Å². The van der Waals surface area contributed by atoms with Gasteiger partial charge in [0.1, 0.15) is 6.07 Å². The van der Waals surface area contributed by atoms with E-state index in [1.807, 2.05) is 18.2 Å². The van der Waals surface area contributed by atoms with E-state index in [-0.39, 0.29) is 18.3 Å². The first-order chi connectivity index (χ1) is 11.1. The van der Waals surface area contributed by atoms with E-state index >= 15 is 0 Å². The van der Waals surface area contributed by atoms with Crippen molar-refractivity contribution in [3.63, 3.8) is 0 Å². The highest BCUT2D eigenvalue weighted by Crippen LogP contribution is 2.18. The Bertz CT molecular complexity index is 708. The fraction of sp³-hybridized carbons (Fsp3) is 0.278. The highest BCUT2D eigenvalue weighted by atomic mass is 16.3. The summed E-state index contributed by atoms with van der Waals surface area (Å²) in [6.45, 7) is 1.99. The van der Waals surface area contributed by atoms with E-state index in [9.17, 15) is 15.2 Å². The minimum absolute atomic E-state index is 0.0118. The van der Waals surface area contributed by atoms with E-state index in [4.69, 9.17) is 0 Å². The number of aromatic nitrogens is 1. The van der Waals surface area contributed by atoms with Crippen molar-refractivity contribution in [3.05, 3.63) is 59.4 Å². The molecule has 0 saturated carbocycles. The first kappa shape index (κ1) is 16.7. The molecule has 2 N–H and O–H groups in total. The van der Waals surface area contributed by atoms with Crippen LogP contribution in [0.1, 0.15) is 28.5 Å². The molecule has 5 heteroatoms. The number of nitriles is 1. The first-order valence-corrected chi connectivity index (χ1v) is 7.43. The van der Waals surface area contributed by atoms with Crippen molar-refractivity contribution < 1.29 is 9.90 Å². The van der Waals surface area contributed by atoms with Gasteiger partial charge < -0.3 is 10.4 Å². The van der Waals surface area contributed by atoms with Crippen LogP contribution in [0.4, 0.5) is 5.69 Å². The number of Topliss-reactive ketones (excluding diaryl/α,β-unsaturated/α-hetero) is 1. The van der Waals surface area contributed by atoms with Crippen molar-refractivity contribution in [1.82, 2.24) is 4.98 Å². The van der Waals surface area contributed by atoms with Gasteiger partial charge in [-0.3, -0.25) is 9.78 Å². The van der Waals surface area contributed by atoms with Crippen LogP contribution in [0.5, 0.6) is 0 Å². The van der Waals surface area contributed by atoms with E-state index in [0.29, 0.717) is 29.8 Å². The molecule has 2 rings (SSSR count). The third-order valence-corrected chi connectivity index (χ3v) is 3.61. The molecule has 118 valence electrons. The lowest BCUT2D eigenvalue weighted by Crippen LogP contribution is -2.21. The highest BCUT2D eigenvalue weighted by molar-refractivity contribution is 5.95. The smallest absolute Gasteiger partial charge is 0.159 e. The molecule has 0 fully saturated rings. The molecule has 1 heterocycles. The molecule has 2 aromatic rings. The Kier molecular flexibility index (Phi) is 5.84. The molecule has 0 aliphatic carbocycles. The molecule has 23 heavy (non-hydrogen) atoms. The molecule has 1 atom stereocenters. The molecule has 1 aromatic heterocycles. The van der Waals surface area contributed by atoms with Crippen molar-refractivity contribution >= 4 is 11.5 Å². The summed E-state index contributed by atoms with van der Waals surface area (Å²) in [4.78, 5) is 15.7. The van der Waals surface area contributed by atoms with Crippen molar-refractivity contribution in [3.8, 4) is 6.07 Å². The Balaban J connectivity index is 2.07. The number of aliphatic hydroxyl groups is 1. The van der Waals surface area contributed by atoms with E-state index in [1.54, 1.807) is 24.4 Å². The summed E-state index contributed by atoms with van der Waals surface area (Å²) in [5, 5.41) is 21.9. The maximum atomic E-state index is 11.5. The quantitative estimate of drug-likeness (QED) is 0.767. The van der Waals surface area contributed by atoms with Gasteiger partial charge in [-0.1, -0.05) is 6.07 Å². The monoisotopic (exact) mass is 309 g/mol. The lowest BCUT2D eigenvalue weighted by molar-refractivity contribution is 0.101. The summed E-state index contributed by atoms with van der Waals surface area (Å²) < 4.78 is 0. The first-order valence-electron chi connectivity index (χ1n) is 7.43. The van der Waals surface area contributed by atoms with Crippen LogP contribution < -0.4 is 5.32 Å². The number of hydrogen-bond acceptors (Lipinski definition) is 5. The zero-order valence-corrected chi connectivity index (χ0v) is 13.0. The molecule has 0 amide bonds. The fourth-order valence-corrected chi connectivity index (χ4v) is 2.28. The second-order valence-electron chi connectivity index (χ2n) is 5.38. The van der Waals surface area contributed by atoms with E-state index in [0.717, 1.165) is 5.69 Å². The molecule has 1 unspecified atom stereocenters. The average molecular weight is 309 g/mol. The average Bonchev–Trinajstić information content (AvgIpc) is 2.59. The largest absolute Gasteiger partial charge is 0.396 e. The summed E-state index contributed by atoms with van der Waals surface area (Å²) in [7, 11) is 0. The molecule has 1 aromatic carbocycles. The van der Waals surface area contributed by atoms with Crippen LogP contribution in [0.2, 0.25) is 0 Å². The molecular weight excluding hydrogens is 290 g/mol. The maximum Gasteiger partial charge on any atom is 0.159 e. The number of rotatable bonds is 7. The Hall–Kier alpha value is -2.71. The van der Waals surface area contributed by atoms with Gasteiger partial charge in [0.2, 0.25) is 0 Å². The number of carbonyl (C=O) groups is 1. The Morgan fingerprint density at radius 3 is 2.83 bits per heavy atom. The van der Waals surface area contributed by atoms with Gasteiger partial charge in [-0.25, -0.2) is 0 Å². The van der Waals surface area contributed by atoms with Crippen molar-refractivity contribution in [2.24, 2.45) is 5.92 Å². The topological polar surface area (TPSA) is 86.0 Å². The Morgan fingerprint density at radius 1 is 1.39 bits per heavy atom. The predicted molar refractivity (Wildman–Crippen MR) is 88.2 cm³/mol. The van der Waals surface area contributed by atoms with Gasteiger partial charge in [-0.2, -0.15) is 5.26 Å². The second-order valence-corrected chi connectivity index (χ2v) is 5.38. The van der Waals surface area contributed by atoms with Gasteiger partial charge in [0, 0.05) is 36.5 Å². The number of nitrogens with zero attached hydrogens (tertiary/aromatic N) is 2. The molecule has 0 saturated heterocycles. The zero-order chi connectivity index (χ0) is 16.7. The summed E-state index contributed by atoms with van der Waals surface area (Å²) in [5.74, 6) is -0.0813. The van der Waals surface area contributed by atoms with Crippen LogP contribution in [-0.4, -0.2) is 29.0 Å². The van der Waals surface area contributed by atoms with E-state index < -0.39 is 0 Å². The van der Waals surface area contributed by atoms with Crippen LogP contribution >= 0.6 is 0 Å². The van der Waals surface area contributed by atoms with Crippen LogP contribution in [0.25, 0.3) is 0 Å². The predicted octanol–water partition coefficient (Wildman–Crippen LogP) is 2.42. The third kappa shape index (κ3) is 4.63. The molecule has 0 bridgehead atoms. The Labute approximate surface area is 135 Å². The molecule has 5 nitrogen and oxygen atoms in total. The number of ketones is 1. The molecule has 0 radical (unpaired) electrons. The molecule has 0 aliphatic heterocycles. The summed E-state index contributed by atoms with van der Waals surface area (Å²) in [5.41, 5.74) is 2.55. The number of benzene rings is 1. The molecule has 0 aliphatic rings. The number of nitrogens with one attached hydrogen (secondary N) is 1. The van der Waals surface area contributed by atoms with Gasteiger partial charge in [0.15, 0.2) is 5.78 Å².